The number of rotatable bonds is 5. The highest BCUT2D eigenvalue weighted by molar-refractivity contribution is 6.04. The van der Waals surface area contributed by atoms with E-state index in [4.69, 9.17) is 0 Å². The number of hydrogen-bond donors (Lipinski definition) is 1. The molecular formula is C17H14N3O3-. The quantitative estimate of drug-likeness (QED) is 0.750. The normalized spacial score (nSPS) is 10.6. The highest BCUT2D eigenvalue weighted by Crippen LogP contribution is 2.08. The number of hydrogen-bond acceptors (Lipinski definition) is 4. The van der Waals surface area contributed by atoms with E-state index in [1.807, 2.05) is 35.0 Å². The van der Waals surface area contributed by atoms with Crippen molar-refractivity contribution in [1.82, 2.24) is 14.7 Å². The van der Waals surface area contributed by atoms with Crippen LogP contribution >= 0.6 is 0 Å². The lowest BCUT2D eigenvalue weighted by Crippen LogP contribution is -2.30. The SMILES string of the molecule is O=C([O-])c1ccccc1C(=O)NCCc1cn2ccccc2n1. The van der Waals surface area contributed by atoms with Crippen LogP contribution in [-0.2, 0) is 6.42 Å². The van der Waals surface area contributed by atoms with Crippen molar-refractivity contribution >= 4 is 17.5 Å². The second-order valence-corrected chi connectivity index (χ2v) is 5.04. The monoisotopic (exact) mass is 308 g/mol. The number of aromatic carboxylic acids is 1. The van der Waals surface area contributed by atoms with Crippen LogP contribution < -0.4 is 10.4 Å². The van der Waals surface area contributed by atoms with Crippen LogP contribution in [0.4, 0.5) is 0 Å². The summed E-state index contributed by atoms with van der Waals surface area (Å²) in [4.78, 5) is 27.6. The molecule has 1 N–H and O–H groups in total. The molecule has 23 heavy (non-hydrogen) atoms. The zero-order valence-electron chi connectivity index (χ0n) is 12.2. The Morgan fingerprint density at radius 3 is 2.57 bits per heavy atom. The second-order valence-electron chi connectivity index (χ2n) is 5.04. The van der Waals surface area contributed by atoms with Crippen LogP contribution in [0.2, 0.25) is 0 Å². The van der Waals surface area contributed by atoms with Crippen LogP contribution in [0.25, 0.3) is 5.65 Å². The first-order chi connectivity index (χ1) is 11.1. The van der Waals surface area contributed by atoms with Crippen LogP contribution in [0, 0.1) is 0 Å². The van der Waals surface area contributed by atoms with Crippen LogP contribution in [0.15, 0.2) is 54.9 Å². The molecule has 0 spiro atoms. The van der Waals surface area contributed by atoms with Crippen LogP contribution in [-0.4, -0.2) is 27.8 Å². The summed E-state index contributed by atoms with van der Waals surface area (Å²) in [6.07, 6.45) is 4.36. The van der Waals surface area contributed by atoms with E-state index in [9.17, 15) is 14.7 Å². The van der Waals surface area contributed by atoms with Crippen LogP contribution in [0.3, 0.4) is 0 Å². The molecular weight excluding hydrogens is 294 g/mol. The number of aromatic nitrogens is 2. The molecule has 6 nitrogen and oxygen atoms in total. The van der Waals surface area contributed by atoms with Gasteiger partial charge in [0.25, 0.3) is 5.91 Å². The number of amides is 1. The molecule has 2 aromatic heterocycles. The summed E-state index contributed by atoms with van der Waals surface area (Å²) in [5.74, 6) is -1.80. The van der Waals surface area contributed by atoms with Crippen molar-refractivity contribution in [1.29, 1.82) is 0 Å². The molecule has 0 saturated heterocycles. The van der Waals surface area contributed by atoms with Gasteiger partial charge in [-0.2, -0.15) is 0 Å². The lowest BCUT2D eigenvalue weighted by Gasteiger charge is -2.10. The lowest BCUT2D eigenvalue weighted by atomic mass is 10.1. The average Bonchev–Trinajstić information content (AvgIpc) is 2.97. The van der Waals surface area contributed by atoms with E-state index in [1.54, 1.807) is 12.1 Å². The number of carboxylic acids is 1. The van der Waals surface area contributed by atoms with Gasteiger partial charge in [0, 0.05) is 36.5 Å². The molecule has 1 amide bonds. The lowest BCUT2D eigenvalue weighted by molar-refractivity contribution is -0.255. The van der Waals surface area contributed by atoms with Crippen molar-refractivity contribution in [3.63, 3.8) is 0 Å². The summed E-state index contributed by atoms with van der Waals surface area (Å²) in [7, 11) is 0. The van der Waals surface area contributed by atoms with Crippen molar-refractivity contribution in [3.8, 4) is 0 Å². The van der Waals surface area contributed by atoms with E-state index >= 15 is 0 Å². The summed E-state index contributed by atoms with van der Waals surface area (Å²) in [6, 6.07) is 11.7. The van der Waals surface area contributed by atoms with Crippen molar-refractivity contribution < 1.29 is 14.7 Å². The Kier molecular flexibility index (Phi) is 4.05. The van der Waals surface area contributed by atoms with Gasteiger partial charge in [-0.25, -0.2) is 4.98 Å². The zero-order chi connectivity index (χ0) is 16.2. The molecule has 3 rings (SSSR count). The summed E-state index contributed by atoms with van der Waals surface area (Å²) >= 11 is 0. The molecule has 0 radical (unpaired) electrons. The van der Waals surface area contributed by atoms with E-state index in [1.165, 1.54) is 12.1 Å². The number of nitrogens with zero attached hydrogens (tertiary/aromatic N) is 2. The maximum absolute atomic E-state index is 12.1. The van der Waals surface area contributed by atoms with Crippen molar-refractivity contribution in [2.45, 2.75) is 6.42 Å². The number of fused-ring (bicyclic) bond motifs is 1. The molecule has 0 saturated carbocycles. The Morgan fingerprint density at radius 2 is 1.83 bits per heavy atom. The van der Waals surface area contributed by atoms with Gasteiger partial charge in [0.05, 0.1) is 11.7 Å². The Morgan fingerprint density at radius 1 is 1.09 bits per heavy atom. The molecule has 1 aromatic carbocycles. The molecule has 0 bridgehead atoms. The third kappa shape index (κ3) is 3.21. The number of carbonyl (C=O) groups is 2. The van der Waals surface area contributed by atoms with Gasteiger partial charge in [0.2, 0.25) is 0 Å². The third-order valence-corrected chi connectivity index (χ3v) is 3.47. The highest BCUT2D eigenvalue weighted by atomic mass is 16.4. The first-order valence-electron chi connectivity index (χ1n) is 7.16. The summed E-state index contributed by atoms with van der Waals surface area (Å²) < 4.78 is 1.91. The first-order valence-corrected chi connectivity index (χ1v) is 7.16. The largest absolute Gasteiger partial charge is 0.545 e. The minimum absolute atomic E-state index is 0.0995. The Hall–Kier alpha value is -3.15. The van der Waals surface area contributed by atoms with E-state index in [-0.39, 0.29) is 11.1 Å². The molecule has 0 aliphatic rings. The molecule has 0 atom stereocenters. The Bertz CT molecular complexity index is 837. The van der Waals surface area contributed by atoms with Gasteiger partial charge in [0.15, 0.2) is 0 Å². The number of carboxylic acid groups (broad SMARTS) is 1. The van der Waals surface area contributed by atoms with E-state index in [0.717, 1.165) is 11.3 Å². The maximum atomic E-state index is 12.1. The predicted octanol–water partition coefficient (Wildman–Crippen LogP) is 0.670. The number of imidazole rings is 1. The number of carbonyl (C=O) groups excluding carboxylic acids is 2. The van der Waals surface area contributed by atoms with Crippen LogP contribution in [0.5, 0.6) is 0 Å². The fourth-order valence-corrected chi connectivity index (χ4v) is 2.37. The summed E-state index contributed by atoms with van der Waals surface area (Å²) in [5, 5.41) is 13.7. The van der Waals surface area contributed by atoms with E-state index in [0.29, 0.717) is 13.0 Å². The van der Waals surface area contributed by atoms with E-state index in [2.05, 4.69) is 10.3 Å². The van der Waals surface area contributed by atoms with Gasteiger partial charge in [-0.05, 0) is 18.2 Å². The molecule has 3 aromatic rings. The third-order valence-electron chi connectivity index (χ3n) is 3.47. The average molecular weight is 308 g/mol. The number of nitrogens with one attached hydrogen (secondary N) is 1. The first kappa shape index (κ1) is 14.8. The van der Waals surface area contributed by atoms with Gasteiger partial charge in [0.1, 0.15) is 5.65 Å². The molecule has 0 unspecified atom stereocenters. The van der Waals surface area contributed by atoms with Gasteiger partial charge >= 0.3 is 0 Å². The van der Waals surface area contributed by atoms with Gasteiger partial charge in [-0.15, -0.1) is 0 Å². The second kappa shape index (κ2) is 6.31. The molecule has 0 fully saturated rings. The maximum Gasteiger partial charge on any atom is 0.251 e. The topological polar surface area (TPSA) is 86.5 Å². The summed E-state index contributed by atoms with van der Waals surface area (Å²) in [5.41, 5.74) is 1.68. The van der Waals surface area contributed by atoms with Gasteiger partial charge in [-0.1, -0.05) is 24.3 Å². The van der Waals surface area contributed by atoms with Crippen molar-refractivity contribution in [2.75, 3.05) is 6.54 Å². The van der Waals surface area contributed by atoms with Crippen molar-refractivity contribution in [3.05, 3.63) is 71.7 Å². The van der Waals surface area contributed by atoms with Crippen LogP contribution in [0.1, 0.15) is 26.4 Å². The number of benzene rings is 1. The minimum atomic E-state index is -1.36. The standard InChI is InChI=1S/C17H15N3O3/c21-16(13-5-1-2-6-14(13)17(22)23)18-9-8-12-11-20-10-4-3-7-15(20)19-12/h1-7,10-11H,8-9H2,(H,18,21)(H,22,23)/p-1. The fraction of sp³-hybridized carbons (Fsp3) is 0.118. The fourth-order valence-electron chi connectivity index (χ4n) is 2.37. The van der Waals surface area contributed by atoms with Gasteiger partial charge < -0.3 is 19.6 Å². The predicted molar refractivity (Wildman–Crippen MR) is 82.0 cm³/mol. The molecule has 2 heterocycles. The molecule has 0 aliphatic heterocycles. The van der Waals surface area contributed by atoms with Crippen molar-refractivity contribution in [2.24, 2.45) is 0 Å². The molecule has 6 heteroatoms. The zero-order valence-corrected chi connectivity index (χ0v) is 12.2. The Labute approximate surface area is 132 Å². The smallest absolute Gasteiger partial charge is 0.251 e. The number of pyridine rings is 1. The summed E-state index contributed by atoms with van der Waals surface area (Å²) in [6.45, 7) is 0.365. The Balaban J connectivity index is 1.64. The minimum Gasteiger partial charge on any atom is -0.545 e. The van der Waals surface area contributed by atoms with Gasteiger partial charge in [-0.3, -0.25) is 4.79 Å². The molecule has 0 aliphatic carbocycles. The highest BCUT2D eigenvalue weighted by Gasteiger charge is 2.11. The molecule has 116 valence electrons. The van der Waals surface area contributed by atoms with E-state index < -0.39 is 11.9 Å².